The molecule has 7 rings (SSSR count). The van der Waals surface area contributed by atoms with E-state index in [-0.39, 0.29) is 24.1 Å². The molecule has 2 aromatic rings. The number of carbonyl (C=O) groups excluding carboxylic acids is 1. The van der Waals surface area contributed by atoms with Crippen LogP contribution in [0.3, 0.4) is 0 Å². The summed E-state index contributed by atoms with van der Waals surface area (Å²) < 4.78 is 45.3. The van der Waals surface area contributed by atoms with Gasteiger partial charge in [0.05, 0.1) is 22.6 Å². The second-order valence-corrected chi connectivity index (χ2v) is 12.1. The molecule has 2 saturated carbocycles. The minimum atomic E-state index is -4.40. The van der Waals surface area contributed by atoms with Gasteiger partial charge in [-0.3, -0.25) is 9.69 Å². The molecule has 1 spiro atoms. The number of hydrogen-bond acceptors (Lipinski definition) is 4. The predicted molar refractivity (Wildman–Crippen MR) is 140 cm³/mol. The van der Waals surface area contributed by atoms with Gasteiger partial charge in [0.1, 0.15) is 11.9 Å². The second-order valence-electron chi connectivity index (χ2n) is 12.1. The van der Waals surface area contributed by atoms with Gasteiger partial charge in [-0.1, -0.05) is 24.3 Å². The van der Waals surface area contributed by atoms with Crippen molar-refractivity contribution in [2.24, 2.45) is 5.92 Å². The molecule has 1 amide bonds. The summed E-state index contributed by atoms with van der Waals surface area (Å²) in [7, 11) is 1.76. The van der Waals surface area contributed by atoms with E-state index < -0.39 is 22.8 Å². The van der Waals surface area contributed by atoms with E-state index in [0.717, 1.165) is 55.3 Å². The van der Waals surface area contributed by atoms with E-state index in [1.165, 1.54) is 36.6 Å². The first-order valence-electron chi connectivity index (χ1n) is 14.0. The molecule has 2 heterocycles. The highest BCUT2D eigenvalue weighted by molar-refractivity contribution is 5.92. The first-order chi connectivity index (χ1) is 18.6. The lowest BCUT2D eigenvalue weighted by Crippen LogP contribution is -2.78. The Bertz CT molecular complexity index is 1340. The molecule has 0 aromatic heterocycles. The molecule has 1 saturated heterocycles. The van der Waals surface area contributed by atoms with E-state index in [1.54, 1.807) is 18.0 Å². The Labute approximate surface area is 226 Å². The summed E-state index contributed by atoms with van der Waals surface area (Å²) in [5.74, 6) is 1.33. The molecule has 5 atom stereocenters. The summed E-state index contributed by atoms with van der Waals surface area (Å²) in [6.45, 7) is 1.95. The SMILES string of the molecule is CN(C(=O)C=Cc1ccc(C(F)(F)F)cc1)[C@H]1CC[C@@]2(O)[C@H]3Cc4cccc5c4[C@@]2(CCN3CC2CC2)[C@H]1O5. The largest absolute Gasteiger partial charge is 0.487 e. The molecule has 5 aliphatic rings. The van der Waals surface area contributed by atoms with Crippen molar-refractivity contribution >= 4 is 12.0 Å². The summed E-state index contributed by atoms with van der Waals surface area (Å²) in [6, 6.07) is 10.8. The number of nitrogens with zero attached hydrogens (tertiary/aromatic N) is 2. The molecule has 0 unspecified atom stereocenters. The topological polar surface area (TPSA) is 53.0 Å². The Kier molecular flexibility index (Phi) is 5.53. The highest BCUT2D eigenvalue weighted by Crippen LogP contribution is 2.64. The Morgan fingerprint density at radius 3 is 2.64 bits per heavy atom. The lowest BCUT2D eigenvalue weighted by atomic mass is 9.48. The summed E-state index contributed by atoms with van der Waals surface area (Å²) >= 11 is 0. The Morgan fingerprint density at radius 1 is 1.15 bits per heavy atom. The summed E-state index contributed by atoms with van der Waals surface area (Å²) in [6.07, 6.45) is 3.58. The van der Waals surface area contributed by atoms with Crippen molar-refractivity contribution in [1.82, 2.24) is 9.80 Å². The molecule has 39 heavy (non-hydrogen) atoms. The van der Waals surface area contributed by atoms with Crippen LogP contribution in [-0.4, -0.2) is 64.7 Å². The van der Waals surface area contributed by atoms with Gasteiger partial charge in [0.25, 0.3) is 0 Å². The van der Waals surface area contributed by atoms with E-state index in [4.69, 9.17) is 4.74 Å². The summed E-state index contributed by atoms with van der Waals surface area (Å²) in [5.41, 5.74) is 0.724. The van der Waals surface area contributed by atoms with Crippen LogP contribution >= 0.6 is 0 Å². The number of alkyl halides is 3. The summed E-state index contributed by atoms with van der Waals surface area (Å²) in [4.78, 5) is 17.6. The van der Waals surface area contributed by atoms with Crippen LogP contribution in [0.5, 0.6) is 5.75 Å². The number of aliphatic hydroxyl groups is 1. The molecule has 2 aromatic carbocycles. The second kappa shape index (κ2) is 8.58. The average molecular weight is 539 g/mol. The first-order valence-corrected chi connectivity index (χ1v) is 14.0. The zero-order valence-electron chi connectivity index (χ0n) is 22.0. The number of rotatable bonds is 5. The van der Waals surface area contributed by atoms with Crippen LogP contribution in [0.15, 0.2) is 48.5 Å². The van der Waals surface area contributed by atoms with E-state index >= 15 is 0 Å². The maximum Gasteiger partial charge on any atom is 0.416 e. The molecule has 2 aliphatic heterocycles. The quantitative estimate of drug-likeness (QED) is 0.556. The molecular weight excluding hydrogens is 505 g/mol. The maximum atomic E-state index is 13.3. The predicted octanol–water partition coefficient (Wildman–Crippen LogP) is 4.81. The van der Waals surface area contributed by atoms with Crippen LogP contribution in [0.1, 0.15) is 54.4 Å². The van der Waals surface area contributed by atoms with E-state index in [0.29, 0.717) is 18.4 Å². The fraction of sp³-hybridized carbons (Fsp3) is 0.516. The maximum absolute atomic E-state index is 13.3. The van der Waals surface area contributed by atoms with Crippen molar-refractivity contribution in [3.63, 3.8) is 0 Å². The third-order valence-corrected chi connectivity index (χ3v) is 10.1. The first kappa shape index (κ1) is 25.1. The molecule has 3 aliphatic carbocycles. The van der Waals surface area contributed by atoms with Gasteiger partial charge >= 0.3 is 6.18 Å². The third kappa shape index (κ3) is 3.70. The van der Waals surface area contributed by atoms with E-state index in [2.05, 4.69) is 11.0 Å². The minimum Gasteiger partial charge on any atom is -0.487 e. The number of hydrogen-bond donors (Lipinski definition) is 1. The van der Waals surface area contributed by atoms with Crippen LogP contribution < -0.4 is 4.74 Å². The molecule has 8 heteroatoms. The van der Waals surface area contributed by atoms with Crippen molar-refractivity contribution in [2.45, 2.75) is 73.9 Å². The molecular formula is C31H33F3N2O3. The van der Waals surface area contributed by atoms with Gasteiger partial charge in [-0.2, -0.15) is 13.2 Å². The van der Waals surface area contributed by atoms with Gasteiger partial charge in [0.15, 0.2) is 0 Å². The van der Waals surface area contributed by atoms with Gasteiger partial charge in [-0.05, 0) is 86.4 Å². The highest BCUT2D eigenvalue weighted by atomic mass is 19.4. The van der Waals surface area contributed by atoms with Gasteiger partial charge < -0.3 is 14.7 Å². The molecule has 3 fully saturated rings. The van der Waals surface area contributed by atoms with Crippen LogP contribution in [0.4, 0.5) is 13.2 Å². The van der Waals surface area contributed by atoms with Gasteiger partial charge in [-0.25, -0.2) is 0 Å². The van der Waals surface area contributed by atoms with Crippen LogP contribution in [-0.2, 0) is 22.8 Å². The minimum absolute atomic E-state index is 0.0420. The number of halogens is 3. The Balaban J connectivity index is 1.17. The molecule has 206 valence electrons. The molecule has 5 nitrogen and oxygen atoms in total. The van der Waals surface area contributed by atoms with Crippen LogP contribution in [0.2, 0.25) is 0 Å². The number of piperidine rings is 1. The zero-order valence-corrected chi connectivity index (χ0v) is 22.0. The van der Waals surface area contributed by atoms with E-state index in [1.807, 2.05) is 12.1 Å². The van der Waals surface area contributed by atoms with Gasteiger partial charge in [0, 0.05) is 31.3 Å². The normalized spacial score (nSPS) is 33.1. The highest BCUT2D eigenvalue weighted by Gasteiger charge is 2.73. The Hall–Kier alpha value is -2.84. The number of ether oxygens (including phenoxy) is 1. The van der Waals surface area contributed by atoms with Crippen molar-refractivity contribution in [3.05, 3.63) is 70.8 Å². The fourth-order valence-corrected chi connectivity index (χ4v) is 8.05. The lowest BCUT2D eigenvalue weighted by Gasteiger charge is -2.64. The number of amides is 1. The van der Waals surface area contributed by atoms with Crippen LogP contribution in [0, 0.1) is 5.92 Å². The van der Waals surface area contributed by atoms with Crippen molar-refractivity contribution in [1.29, 1.82) is 0 Å². The molecule has 0 radical (unpaired) electrons. The van der Waals surface area contributed by atoms with Crippen molar-refractivity contribution < 1.29 is 27.8 Å². The van der Waals surface area contributed by atoms with Crippen molar-refractivity contribution in [3.8, 4) is 5.75 Å². The molecule has 2 bridgehead atoms. The molecule has 1 N–H and O–H groups in total. The third-order valence-electron chi connectivity index (χ3n) is 10.1. The average Bonchev–Trinajstić information content (AvgIpc) is 3.66. The fourth-order valence-electron chi connectivity index (χ4n) is 8.05. The van der Waals surface area contributed by atoms with Gasteiger partial charge in [0.2, 0.25) is 5.91 Å². The lowest BCUT2D eigenvalue weighted by molar-refractivity contribution is -0.200. The zero-order chi connectivity index (χ0) is 27.2. The van der Waals surface area contributed by atoms with Crippen LogP contribution in [0.25, 0.3) is 6.08 Å². The number of carbonyl (C=O) groups is 1. The number of likely N-dealkylation sites (tertiary alicyclic amines) is 1. The van der Waals surface area contributed by atoms with Gasteiger partial charge in [-0.15, -0.1) is 0 Å². The van der Waals surface area contributed by atoms with E-state index in [9.17, 15) is 23.1 Å². The smallest absolute Gasteiger partial charge is 0.416 e. The number of likely N-dealkylation sites (N-methyl/N-ethyl adjacent to an activating group) is 1. The summed E-state index contributed by atoms with van der Waals surface area (Å²) in [5, 5.41) is 12.6. The standard InChI is InChI=1S/C31H33F3N2O3/c1-35(26(37)12-9-19-7-10-22(11-8-19)31(32,33)34)23-13-14-30(38)25-17-21-3-2-4-24-27(21)29(30,28(23)39-24)15-16-36(25)18-20-5-6-20/h2-4,7-12,20,23,25,28,38H,5-6,13-18H2,1H3/t23-,25+,28-,29-,30+/m0/s1. The monoisotopic (exact) mass is 538 g/mol. The Morgan fingerprint density at radius 2 is 1.92 bits per heavy atom. The van der Waals surface area contributed by atoms with Crippen molar-refractivity contribution in [2.75, 3.05) is 20.1 Å². The number of benzene rings is 2.